The number of nitrogens with one attached hydrogen (secondary N) is 3. The largest absolute Gasteiger partial charge is 0.359 e. The van der Waals surface area contributed by atoms with E-state index >= 15 is 0 Å². The summed E-state index contributed by atoms with van der Waals surface area (Å²) in [5.41, 5.74) is 0. The third-order valence-corrected chi connectivity index (χ3v) is 4.64. The lowest BCUT2D eigenvalue weighted by Gasteiger charge is -2.29. The Morgan fingerprint density at radius 3 is 2.42 bits per heavy atom. The molecule has 0 aromatic rings. The Bertz CT molecular complexity index is 472. The summed E-state index contributed by atoms with van der Waals surface area (Å²) >= 11 is 0. The van der Waals surface area contributed by atoms with Gasteiger partial charge in [-0.15, -0.1) is 0 Å². The van der Waals surface area contributed by atoms with E-state index in [9.17, 15) is 19.2 Å². The van der Waals surface area contributed by atoms with Crippen molar-refractivity contribution in [2.24, 2.45) is 5.92 Å². The van der Waals surface area contributed by atoms with E-state index in [2.05, 4.69) is 16.0 Å². The molecule has 0 saturated heterocycles. The summed E-state index contributed by atoms with van der Waals surface area (Å²) in [6.07, 6.45) is 7.92. The number of ketones is 1. The molecular weight excluding hydrogens is 310 g/mol. The first kappa shape index (κ1) is 18.4. The standard InChI is InChI=1S/C17H27N3O4/c21-11-18-9-2-1-6-15(22)20-14(10-12-4-3-5-12)16(23)17(24)19-13-7-8-13/h11-14H,1-10H2,(H,18,21)(H,19,24)(H,20,22). The van der Waals surface area contributed by atoms with Gasteiger partial charge in [-0.1, -0.05) is 19.3 Å². The van der Waals surface area contributed by atoms with E-state index in [0.717, 1.165) is 32.1 Å². The minimum Gasteiger partial charge on any atom is -0.359 e. The van der Waals surface area contributed by atoms with Gasteiger partial charge >= 0.3 is 0 Å². The first-order valence-electron chi connectivity index (χ1n) is 8.91. The Labute approximate surface area is 142 Å². The van der Waals surface area contributed by atoms with Crippen LogP contribution in [0.1, 0.15) is 57.8 Å². The smallest absolute Gasteiger partial charge is 0.289 e. The van der Waals surface area contributed by atoms with Crippen LogP contribution in [-0.2, 0) is 19.2 Å². The van der Waals surface area contributed by atoms with E-state index in [0.29, 0.717) is 44.6 Å². The van der Waals surface area contributed by atoms with Gasteiger partial charge in [-0.2, -0.15) is 0 Å². The molecule has 0 aromatic carbocycles. The Balaban J connectivity index is 1.77. The summed E-state index contributed by atoms with van der Waals surface area (Å²) in [5, 5.41) is 7.99. The van der Waals surface area contributed by atoms with Crippen molar-refractivity contribution < 1.29 is 19.2 Å². The second-order valence-corrected chi connectivity index (χ2v) is 6.79. The molecule has 24 heavy (non-hydrogen) atoms. The van der Waals surface area contributed by atoms with Crippen LogP contribution in [0.2, 0.25) is 0 Å². The molecule has 0 aromatic heterocycles. The van der Waals surface area contributed by atoms with Crippen LogP contribution in [0.3, 0.4) is 0 Å². The molecule has 0 heterocycles. The highest BCUT2D eigenvalue weighted by Gasteiger charge is 2.33. The molecule has 2 aliphatic rings. The quantitative estimate of drug-likeness (QED) is 0.273. The lowest BCUT2D eigenvalue weighted by atomic mass is 9.80. The lowest BCUT2D eigenvalue weighted by Crippen LogP contribution is -2.49. The fraction of sp³-hybridized carbons (Fsp3) is 0.765. The van der Waals surface area contributed by atoms with Crippen LogP contribution in [0.4, 0.5) is 0 Å². The van der Waals surface area contributed by atoms with Crippen molar-refractivity contribution in [2.45, 2.75) is 69.9 Å². The molecule has 0 radical (unpaired) electrons. The average molecular weight is 337 g/mol. The van der Waals surface area contributed by atoms with Crippen LogP contribution < -0.4 is 16.0 Å². The fourth-order valence-electron chi connectivity index (χ4n) is 2.77. The molecule has 1 unspecified atom stereocenters. The maximum atomic E-state index is 12.4. The first-order chi connectivity index (χ1) is 11.6. The van der Waals surface area contributed by atoms with Gasteiger partial charge in [0.1, 0.15) is 0 Å². The molecule has 3 N–H and O–H groups in total. The summed E-state index contributed by atoms with van der Waals surface area (Å²) in [5.74, 6) is -0.884. The van der Waals surface area contributed by atoms with Gasteiger partial charge in [0.15, 0.2) is 0 Å². The van der Waals surface area contributed by atoms with E-state index < -0.39 is 17.7 Å². The van der Waals surface area contributed by atoms with Gasteiger partial charge in [0.25, 0.3) is 5.91 Å². The molecule has 0 aliphatic heterocycles. The minimum absolute atomic E-state index is 0.131. The Morgan fingerprint density at radius 2 is 1.83 bits per heavy atom. The van der Waals surface area contributed by atoms with Gasteiger partial charge < -0.3 is 16.0 Å². The van der Waals surface area contributed by atoms with Crippen molar-refractivity contribution >= 4 is 24.0 Å². The summed E-state index contributed by atoms with van der Waals surface area (Å²) in [7, 11) is 0. The molecule has 7 heteroatoms. The molecule has 2 saturated carbocycles. The molecule has 134 valence electrons. The second kappa shape index (κ2) is 9.39. The van der Waals surface area contributed by atoms with E-state index in [1.807, 2.05) is 0 Å². The molecular formula is C17H27N3O4. The SMILES string of the molecule is O=CNCCCCC(=O)NC(CC1CCC1)C(=O)C(=O)NC1CC1. The zero-order valence-electron chi connectivity index (χ0n) is 14.0. The van der Waals surface area contributed by atoms with Crippen LogP contribution in [0.5, 0.6) is 0 Å². The molecule has 7 nitrogen and oxygen atoms in total. The minimum atomic E-state index is -0.713. The lowest BCUT2D eigenvalue weighted by molar-refractivity contribution is -0.140. The molecule has 1 atom stereocenters. The normalized spacial score (nSPS) is 18.2. The third-order valence-electron chi connectivity index (χ3n) is 4.64. The van der Waals surface area contributed by atoms with Gasteiger partial charge in [0, 0.05) is 19.0 Å². The maximum absolute atomic E-state index is 12.4. The molecule has 2 rings (SSSR count). The first-order valence-corrected chi connectivity index (χ1v) is 8.91. The number of Topliss-reactive ketones (excluding diaryl/α,β-unsaturated/α-hetero) is 1. The van der Waals surface area contributed by atoms with Crippen LogP contribution in [0, 0.1) is 5.92 Å². The fourth-order valence-corrected chi connectivity index (χ4v) is 2.77. The van der Waals surface area contributed by atoms with Crippen molar-refractivity contribution in [3.05, 3.63) is 0 Å². The van der Waals surface area contributed by atoms with Crippen LogP contribution in [0.25, 0.3) is 0 Å². The maximum Gasteiger partial charge on any atom is 0.289 e. The van der Waals surface area contributed by atoms with E-state index in [1.54, 1.807) is 0 Å². The molecule has 0 spiro atoms. The Kier molecular flexibility index (Phi) is 7.21. The van der Waals surface area contributed by atoms with Gasteiger partial charge in [-0.3, -0.25) is 19.2 Å². The monoisotopic (exact) mass is 337 g/mol. The predicted molar refractivity (Wildman–Crippen MR) is 88.0 cm³/mol. The summed E-state index contributed by atoms with van der Waals surface area (Å²) < 4.78 is 0. The van der Waals surface area contributed by atoms with Crippen molar-refractivity contribution in [1.29, 1.82) is 0 Å². The van der Waals surface area contributed by atoms with Crippen LogP contribution >= 0.6 is 0 Å². The Hall–Kier alpha value is -1.92. The second-order valence-electron chi connectivity index (χ2n) is 6.79. The Morgan fingerprint density at radius 1 is 1.08 bits per heavy atom. The molecule has 3 amide bonds. The van der Waals surface area contributed by atoms with Crippen LogP contribution in [0.15, 0.2) is 0 Å². The van der Waals surface area contributed by atoms with Gasteiger partial charge in [-0.05, 0) is 38.0 Å². The van der Waals surface area contributed by atoms with Crippen molar-refractivity contribution in [1.82, 2.24) is 16.0 Å². The molecule has 2 aliphatic carbocycles. The third kappa shape index (κ3) is 6.29. The van der Waals surface area contributed by atoms with Crippen molar-refractivity contribution in [3.8, 4) is 0 Å². The molecule has 2 fully saturated rings. The van der Waals surface area contributed by atoms with Gasteiger partial charge in [0.2, 0.25) is 18.1 Å². The predicted octanol–water partition coefficient (Wildman–Crippen LogP) is 0.425. The summed E-state index contributed by atoms with van der Waals surface area (Å²) in [6, 6.07) is -0.582. The zero-order chi connectivity index (χ0) is 17.4. The van der Waals surface area contributed by atoms with Gasteiger partial charge in [-0.25, -0.2) is 0 Å². The average Bonchev–Trinajstić information content (AvgIpc) is 3.32. The zero-order valence-corrected chi connectivity index (χ0v) is 14.0. The molecule has 0 bridgehead atoms. The van der Waals surface area contributed by atoms with E-state index in [1.165, 1.54) is 0 Å². The highest BCUT2D eigenvalue weighted by Crippen LogP contribution is 2.30. The number of rotatable bonds is 12. The number of carbonyl (C=O) groups is 4. The van der Waals surface area contributed by atoms with Crippen molar-refractivity contribution in [3.63, 3.8) is 0 Å². The highest BCUT2D eigenvalue weighted by molar-refractivity contribution is 6.38. The number of carbonyl (C=O) groups excluding carboxylic acids is 4. The van der Waals surface area contributed by atoms with Crippen molar-refractivity contribution in [2.75, 3.05) is 6.54 Å². The van der Waals surface area contributed by atoms with E-state index in [-0.39, 0.29) is 11.9 Å². The number of amides is 3. The summed E-state index contributed by atoms with van der Waals surface area (Å²) in [6.45, 7) is 0.533. The van der Waals surface area contributed by atoms with E-state index in [4.69, 9.17) is 0 Å². The topological polar surface area (TPSA) is 104 Å². The highest BCUT2D eigenvalue weighted by atomic mass is 16.2. The summed E-state index contributed by atoms with van der Waals surface area (Å²) in [4.78, 5) is 46.5. The number of hydrogen-bond donors (Lipinski definition) is 3. The van der Waals surface area contributed by atoms with Gasteiger partial charge in [0.05, 0.1) is 6.04 Å². The number of hydrogen-bond acceptors (Lipinski definition) is 4. The number of unbranched alkanes of at least 4 members (excludes halogenated alkanes) is 1. The van der Waals surface area contributed by atoms with Crippen LogP contribution in [-0.4, -0.2) is 42.6 Å².